The summed E-state index contributed by atoms with van der Waals surface area (Å²) in [7, 11) is 0. The summed E-state index contributed by atoms with van der Waals surface area (Å²) >= 11 is -1.78. The van der Waals surface area contributed by atoms with Gasteiger partial charge in [-0.25, -0.2) is 0 Å². The van der Waals surface area contributed by atoms with Crippen LogP contribution in [-0.4, -0.2) is 43.3 Å². The number of benzene rings is 1. The van der Waals surface area contributed by atoms with E-state index >= 15 is 0 Å². The molecule has 1 amide bonds. The Hall–Kier alpha value is -2.10. The van der Waals surface area contributed by atoms with Crippen molar-refractivity contribution in [1.82, 2.24) is 9.97 Å². The van der Waals surface area contributed by atoms with Gasteiger partial charge in [0.15, 0.2) is 0 Å². The molecular weight excluding hydrogens is 453 g/mol. The van der Waals surface area contributed by atoms with Gasteiger partial charge in [-0.15, -0.1) is 11.3 Å². The van der Waals surface area contributed by atoms with Crippen LogP contribution < -0.4 is 9.67 Å². The number of carbonyl (C=O) groups excluding carboxylic acids is 1. The molecule has 0 atom stereocenters. The van der Waals surface area contributed by atoms with Gasteiger partial charge in [-0.2, -0.15) is 0 Å². The molecule has 0 spiro atoms. The first-order valence-corrected chi connectivity index (χ1v) is 12.5. The van der Waals surface area contributed by atoms with Crippen LogP contribution in [0.3, 0.4) is 0 Å². The van der Waals surface area contributed by atoms with E-state index in [-0.39, 0.29) is 15.8 Å². The molecule has 3 aromatic rings. The maximum absolute atomic E-state index is 11.1. The van der Waals surface area contributed by atoms with Crippen LogP contribution in [0.5, 0.6) is 5.75 Å². The fourth-order valence-electron chi connectivity index (χ4n) is 1.85. The molecule has 2 heterocycles. The monoisotopic (exact) mass is 469 g/mol. The summed E-state index contributed by atoms with van der Waals surface area (Å²) in [6.07, 6.45) is 5.46. The predicted octanol–water partition coefficient (Wildman–Crippen LogP) is 1.60. The maximum Gasteiger partial charge on any atom is 0.0845 e. The molecular formula is C16H16AsN3O5S2. The standard InChI is InChI=1S/C8H10AsNO5.C8H6N2S2/c1-5(11)10-8-6(9(13,14)15)3-2-4-7(8)12;1-3-9-4-2-7(1)12-8-5-10-6-11-8/h2-4,12H,1H3,(H,10,11)(H2,13,14,15);1-6H. The van der Waals surface area contributed by atoms with Crippen molar-refractivity contribution in [1.29, 1.82) is 0 Å². The molecule has 27 heavy (non-hydrogen) atoms. The van der Waals surface area contributed by atoms with Crippen molar-refractivity contribution in [2.75, 3.05) is 5.32 Å². The number of hydrogen-bond donors (Lipinski definition) is 4. The number of phenols is 1. The van der Waals surface area contributed by atoms with Crippen LogP contribution in [0.25, 0.3) is 0 Å². The van der Waals surface area contributed by atoms with E-state index in [2.05, 4.69) is 15.3 Å². The summed E-state index contributed by atoms with van der Waals surface area (Å²) in [5.74, 6) is -0.880. The van der Waals surface area contributed by atoms with Crippen molar-refractivity contribution in [3.05, 3.63) is 54.4 Å². The normalized spacial score (nSPS) is 10.6. The van der Waals surface area contributed by atoms with Gasteiger partial charge in [0.25, 0.3) is 0 Å². The van der Waals surface area contributed by atoms with Gasteiger partial charge in [0.2, 0.25) is 0 Å². The number of aromatic nitrogens is 2. The first-order valence-electron chi connectivity index (χ1n) is 7.39. The number of pyridine rings is 1. The molecule has 4 N–H and O–H groups in total. The summed E-state index contributed by atoms with van der Waals surface area (Å²) in [5.41, 5.74) is 1.61. The third-order valence-corrected chi connectivity index (χ3v) is 6.93. The topological polar surface area (TPSA) is 133 Å². The van der Waals surface area contributed by atoms with Crippen molar-refractivity contribution in [3.8, 4) is 5.75 Å². The number of phenolic OH excluding ortho intramolecular Hbond substituents is 1. The summed E-state index contributed by atoms with van der Waals surface area (Å²) in [6, 6.07) is 7.69. The number of carbonyl (C=O) groups is 1. The van der Waals surface area contributed by atoms with Crippen molar-refractivity contribution in [3.63, 3.8) is 0 Å². The smallest absolute Gasteiger partial charge is 0.0845 e. The molecule has 0 aliphatic heterocycles. The Morgan fingerprint density at radius 3 is 2.44 bits per heavy atom. The van der Waals surface area contributed by atoms with Crippen LogP contribution in [0.2, 0.25) is 0 Å². The van der Waals surface area contributed by atoms with Crippen molar-refractivity contribution in [2.45, 2.75) is 16.0 Å². The maximum atomic E-state index is 11.1. The first-order chi connectivity index (χ1) is 12.8. The van der Waals surface area contributed by atoms with E-state index < -0.39 is 20.1 Å². The van der Waals surface area contributed by atoms with Gasteiger partial charge in [0.1, 0.15) is 0 Å². The zero-order valence-electron chi connectivity index (χ0n) is 14.0. The molecule has 8 nitrogen and oxygen atoms in total. The minimum absolute atomic E-state index is 0.225. The molecule has 0 aliphatic rings. The molecule has 3 rings (SSSR count). The molecule has 0 saturated heterocycles. The Balaban J connectivity index is 0.000000198. The Morgan fingerprint density at radius 2 is 1.89 bits per heavy atom. The third kappa shape index (κ3) is 6.85. The molecule has 142 valence electrons. The van der Waals surface area contributed by atoms with Crippen LogP contribution >= 0.6 is 23.1 Å². The van der Waals surface area contributed by atoms with E-state index in [1.54, 1.807) is 35.5 Å². The van der Waals surface area contributed by atoms with E-state index in [0.29, 0.717) is 0 Å². The molecule has 0 saturated carbocycles. The SMILES string of the molecule is CC(=O)Nc1c(O)cccc1[As](=O)(O)O.c1cc(Sc2cncs2)ccn1. The van der Waals surface area contributed by atoms with Crippen LogP contribution in [0, 0.1) is 0 Å². The van der Waals surface area contributed by atoms with Crippen LogP contribution in [0.15, 0.2) is 63.5 Å². The van der Waals surface area contributed by atoms with Crippen LogP contribution in [-0.2, 0) is 8.53 Å². The number of thiazole rings is 1. The Morgan fingerprint density at radius 1 is 1.19 bits per heavy atom. The molecule has 11 heteroatoms. The molecule has 0 unspecified atom stereocenters. The van der Waals surface area contributed by atoms with Crippen LogP contribution in [0.1, 0.15) is 6.92 Å². The molecule has 0 radical (unpaired) electrons. The zero-order valence-corrected chi connectivity index (χ0v) is 17.5. The largest absolute Gasteiger partial charge is 0.265 e. The van der Waals surface area contributed by atoms with E-state index in [9.17, 15) is 13.6 Å². The average molecular weight is 469 g/mol. The van der Waals surface area contributed by atoms with E-state index in [4.69, 9.17) is 8.19 Å². The molecule has 0 fully saturated rings. The number of anilines is 1. The number of amides is 1. The number of nitrogens with zero attached hydrogens (tertiary/aromatic N) is 2. The first kappa shape index (κ1) is 21.2. The second kappa shape index (κ2) is 9.72. The van der Waals surface area contributed by atoms with Crippen molar-refractivity contribution < 1.29 is 21.8 Å². The predicted molar refractivity (Wildman–Crippen MR) is 103 cm³/mol. The number of hydrogen-bond acceptors (Lipinski definition) is 7. The average Bonchev–Trinajstić information content (AvgIpc) is 3.10. The summed E-state index contributed by atoms with van der Waals surface area (Å²) in [5, 5.41) is 11.5. The van der Waals surface area contributed by atoms with Gasteiger partial charge in [0, 0.05) is 17.3 Å². The van der Waals surface area contributed by atoms with E-state index in [1.165, 1.54) is 34.2 Å². The number of rotatable bonds is 4. The van der Waals surface area contributed by atoms with Crippen LogP contribution in [0.4, 0.5) is 5.69 Å². The fourth-order valence-corrected chi connectivity index (χ4v) is 4.97. The molecule has 2 aromatic heterocycles. The van der Waals surface area contributed by atoms with Gasteiger partial charge in [0.05, 0.1) is 15.9 Å². The quantitative estimate of drug-likeness (QED) is 0.335. The van der Waals surface area contributed by atoms with E-state index in [1.807, 2.05) is 23.8 Å². The summed E-state index contributed by atoms with van der Waals surface area (Å²) in [4.78, 5) is 19.9. The van der Waals surface area contributed by atoms with Gasteiger partial charge in [-0.3, -0.25) is 9.97 Å². The summed E-state index contributed by atoms with van der Waals surface area (Å²) < 4.78 is 30.0. The number of para-hydroxylation sites is 1. The van der Waals surface area contributed by atoms with Gasteiger partial charge >= 0.3 is 88.1 Å². The Bertz CT molecular complexity index is 932. The molecule has 1 aromatic carbocycles. The van der Waals surface area contributed by atoms with E-state index in [0.717, 1.165) is 0 Å². The molecule has 0 aliphatic carbocycles. The van der Waals surface area contributed by atoms with Crippen molar-refractivity contribution in [2.24, 2.45) is 0 Å². The minimum Gasteiger partial charge on any atom is -0.265 e. The number of aromatic hydroxyl groups is 1. The van der Waals surface area contributed by atoms with Crippen molar-refractivity contribution >= 4 is 53.2 Å². The number of nitrogens with one attached hydrogen (secondary N) is 1. The van der Waals surface area contributed by atoms with Gasteiger partial charge in [-0.05, 0) is 12.1 Å². The fraction of sp³-hybridized carbons (Fsp3) is 0.0625. The summed E-state index contributed by atoms with van der Waals surface area (Å²) in [6.45, 7) is 1.18. The Kier molecular flexibility index (Phi) is 7.64. The second-order valence-corrected chi connectivity index (χ2v) is 10.6. The third-order valence-electron chi connectivity index (χ3n) is 2.91. The van der Waals surface area contributed by atoms with Gasteiger partial charge < -0.3 is 0 Å². The molecule has 0 bridgehead atoms. The minimum atomic E-state index is -5.14. The second-order valence-electron chi connectivity index (χ2n) is 5.00. The van der Waals surface area contributed by atoms with Gasteiger partial charge in [-0.1, -0.05) is 11.8 Å². The Labute approximate surface area is 166 Å². The zero-order chi connectivity index (χ0) is 19.9.